The molecule has 0 aliphatic carbocycles. The molecule has 2 heterocycles. The van der Waals surface area contributed by atoms with E-state index in [-0.39, 0.29) is 5.97 Å². The van der Waals surface area contributed by atoms with Crippen molar-refractivity contribution in [2.45, 2.75) is 18.8 Å². The largest absolute Gasteiger partial charge is 0.466 e. The van der Waals surface area contributed by atoms with E-state index in [1.165, 1.54) is 16.5 Å². The third kappa shape index (κ3) is 1.71. The predicted octanol–water partition coefficient (Wildman–Crippen LogP) is 2.60. The van der Waals surface area contributed by atoms with Crippen LogP contribution in [0.4, 0.5) is 0 Å². The van der Waals surface area contributed by atoms with Crippen molar-refractivity contribution in [3.63, 3.8) is 0 Å². The fourth-order valence-corrected chi connectivity index (χ4v) is 2.64. The van der Waals surface area contributed by atoms with Crippen molar-refractivity contribution in [3.8, 4) is 0 Å². The van der Waals surface area contributed by atoms with E-state index < -0.39 is 0 Å². The minimum Gasteiger partial charge on any atom is -0.466 e. The number of hydrogen-bond acceptors (Lipinski definition) is 2. The number of carbonyl (C=O) groups is 1. The van der Waals surface area contributed by atoms with Crippen molar-refractivity contribution in [2.24, 2.45) is 7.05 Å². The van der Waals surface area contributed by atoms with Gasteiger partial charge in [-0.05, 0) is 24.0 Å². The van der Waals surface area contributed by atoms with Crippen molar-refractivity contribution in [2.75, 3.05) is 6.61 Å². The number of fused-ring (bicyclic) bond motifs is 1. The first-order valence-electron chi connectivity index (χ1n) is 5.95. The lowest BCUT2D eigenvalue weighted by atomic mass is 9.91. The van der Waals surface area contributed by atoms with E-state index in [2.05, 4.69) is 22.9 Å². The number of esters is 1. The van der Waals surface area contributed by atoms with Gasteiger partial charge in [-0.25, -0.2) is 0 Å². The molecule has 0 unspecified atom stereocenters. The summed E-state index contributed by atoms with van der Waals surface area (Å²) in [6, 6.07) is 8.33. The Hall–Kier alpha value is -1.77. The van der Waals surface area contributed by atoms with E-state index in [1.807, 2.05) is 19.2 Å². The number of para-hydroxylation sites is 1. The zero-order valence-corrected chi connectivity index (χ0v) is 9.85. The van der Waals surface area contributed by atoms with Gasteiger partial charge in [0.1, 0.15) is 0 Å². The van der Waals surface area contributed by atoms with Gasteiger partial charge in [0.15, 0.2) is 0 Å². The Morgan fingerprint density at radius 3 is 3.00 bits per heavy atom. The summed E-state index contributed by atoms with van der Waals surface area (Å²) in [6.07, 6.45) is 3.59. The second-order valence-electron chi connectivity index (χ2n) is 4.62. The van der Waals surface area contributed by atoms with Crippen LogP contribution in [0.1, 0.15) is 24.3 Å². The average Bonchev–Trinajstić information content (AvgIpc) is 2.68. The summed E-state index contributed by atoms with van der Waals surface area (Å²) in [5.41, 5.74) is 2.50. The number of cyclic esters (lactones) is 1. The highest BCUT2D eigenvalue weighted by atomic mass is 16.5. The van der Waals surface area contributed by atoms with Crippen LogP contribution >= 0.6 is 0 Å². The molecule has 1 saturated heterocycles. The lowest BCUT2D eigenvalue weighted by Gasteiger charge is -2.20. The summed E-state index contributed by atoms with van der Waals surface area (Å²) < 4.78 is 7.13. The van der Waals surface area contributed by atoms with E-state index in [9.17, 15) is 4.79 Å². The first-order valence-corrected chi connectivity index (χ1v) is 5.95. The van der Waals surface area contributed by atoms with Crippen LogP contribution < -0.4 is 0 Å². The van der Waals surface area contributed by atoms with Crippen LogP contribution in [-0.2, 0) is 16.6 Å². The molecule has 0 saturated carbocycles. The van der Waals surface area contributed by atoms with Gasteiger partial charge in [0.25, 0.3) is 0 Å². The number of rotatable bonds is 1. The highest BCUT2D eigenvalue weighted by molar-refractivity contribution is 5.85. The number of carbonyl (C=O) groups excluding carboxylic acids is 1. The van der Waals surface area contributed by atoms with E-state index in [4.69, 9.17) is 4.74 Å². The Bertz CT molecular complexity index is 571. The van der Waals surface area contributed by atoms with Gasteiger partial charge in [0.05, 0.1) is 13.0 Å². The molecule has 88 valence electrons. The van der Waals surface area contributed by atoms with Gasteiger partial charge in [-0.2, -0.15) is 0 Å². The van der Waals surface area contributed by atoms with Gasteiger partial charge in [0, 0.05) is 24.1 Å². The molecule has 1 atom stereocenters. The van der Waals surface area contributed by atoms with Crippen LogP contribution in [0, 0.1) is 0 Å². The summed E-state index contributed by atoms with van der Waals surface area (Å²) in [5, 5.41) is 1.26. The highest BCUT2D eigenvalue weighted by Crippen LogP contribution is 2.33. The molecule has 3 heteroatoms. The Labute approximate surface area is 100.0 Å². The molecule has 1 aromatic carbocycles. The number of nitrogens with zero attached hydrogens (tertiary/aromatic N) is 1. The molecule has 3 rings (SSSR count). The summed E-state index contributed by atoms with van der Waals surface area (Å²) >= 11 is 0. The molecule has 1 fully saturated rings. The summed E-state index contributed by atoms with van der Waals surface area (Å²) in [7, 11) is 2.05. The van der Waals surface area contributed by atoms with Crippen molar-refractivity contribution in [1.29, 1.82) is 0 Å². The monoisotopic (exact) mass is 229 g/mol. The molecule has 1 aliphatic rings. The molecule has 0 radical (unpaired) electrons. The maximum absolute atomic E-state index is 11.4. The maximum Gasteiger partial charge on any atom is 0.306 e. The Balaban J connectivity index is 2.08. The molecular weight excluding hydrogens is 214 g/mol. The third-order valence-electron chi connectivity index (χ3n) is 3.51. The zero-order valence-electron chi connectivity index (χ0n) is 9.85. The summed E-state index contributed by atoms with van der Waals surface area (Å²) in [6.45, 7) is 0.548. The Morgan fingerprint density at radius 2 is 2.18 bits per heavy atom. The van der Waals surface area contributed by atoms with Crippen LogP contribution in [-0.4, -0.2) is 17.1 Å². The van der Waals surface area contributed by atoms with Gasteiger partial charge in [0.2, 0.25) is 0 Å². The van der Waals surface area contributed by atoms with Gasteiger partial charge < -0.3 is 9.30 Å². The molecule has 3 nitrogen and oxygen atoms in total. The fraction of sp³-hybridized carbons (Fsp3) is 0.357. The van der Waals surface area contributed by atoms with E-state index >= 15 is 0 Å². The van der Waals surface area contributed by atoms with Gasteiger partial charge >= 0.3 is 5.97 Å². The predicted molar refractivity (Wildman–Crippen MR) is 65.9 cm³/mol. The molecule has 17 heavy (non-hydrogen) atoms. The van der Waals surface area contributed by atoms with Crippen LogP contribution in [0.2, 0.25) is 0 Å². The fourth-order valence-electron chi connectivity index (χ4n) is 2.64. The summed E-state index contributed by atoms with van der Waals surface area (Å²) in [4.78, 5) is 11.4. The Kier molecular flexibility index (Phi) is 2.39. The van der Waals surface area contributed by atoms with Gasteiger partial charge in [-0.15, -0.1) is 0 Å². The van der Waals surface area contributed by atoms with E-state index in [0.717, 1.165) is 6.42 Å². The van der Waals surface area contributed by atoms with Gasteiger partial charge in [-0.3, -0.25) is 4.79 Å². The van der Waals surface area contributed by atoms with Crippen molar-refractivity contribution < 1.29 is 9.53 Å². The minimum atomic E-state index is -0.0748. The van der Waals surface area contributed by atoms with Crippen molar-refractivity contribution in [3.05, 3.63) is 36.0 Å². The topological polar surface area (TPSA) is 31.2 Å². The second kappa shape index (κ2) is 3.91. The number of aryl methyl sites for hydroxylation is 1. The highest BCUT2D eigenvalue weighted by Gasteiger charge is 2.24. The third-order valence-corrected chi connectivity index (χ3v) is 3.51. The van der Waals surface area contributed by atoms with Crippen LogP contribution in [0.25, 0.3) is 10.9 Å². The average molecular weight is 229 g/mol. The molecule has 0 spiro atoms. The van der Waals surface area contributed by atoms with E-state index in [0.29, 0.717) is 18.9 Å². The van der Waals surface area contributed by atoms with Crippen molar-refractivity contribution in [1.82, 2.24) is 4.57 Å². The number of hydrogen-bond donors (Lipinski definition) is 0. The normalized spacial score (nSPS) is 20.5. The Morgan fingerprint density at radius 1 is 1.35 bits per heavy atom. The SMILES string of the molecule is Cn1cc([C@H]2CCOC(=O)C2)c2ccccc21. The zero-order chi connectivity index (χ0) is 11.8. The molecule has 0 amide bonds. The van der Waals surface area contributed by atoms with E-state index in [1.54, 1.807) is 0 Å². The second-order valence-corrected chi connectivity index (χ2v) is 4.62. The minimum absolute atomic E-state index is 0.0748. The van der Waals surface area contributed by atoms with Crippen molar-refractivity contribution >= 4 is 16.9 Å². The van der Waals surface area contributed by atoms with Crippen LogP contribution in [0.15, 0.2) is 30.5 Å². The molecule has 1 aromatic heterocycles. The van der Waals surface area contributed by atoms with Gasteiger partial charge in [-0.1, -0.05) is 18.2 Å². The smallest absolute Gasteiger partial charge is 0.306 e. The molecule has 2 aromatic rings. The first kappa shape index (κ1) is 10.4. The molecular formula is C14H15NO2. The first-order chi connectivity index (χ1) is 8.25. The van der Waals surface area contributed by atoms with Crippen LogP contribution in [0.3, 0.4) is 0 Å². The molecule has 0 N–H and O–H groups in total. The standard InChI is InChI=1S/C14H15NO2/c1-15-9-12(10-6-7-17-14(16)8-10)11-4-2-3-5-13(11)15/h2-5,9-10H,6-8H2,1H3/t10-/m0/s1. The lowest BCUT2D eigenvalue weighted by molar-refractivity contribution is -0.147. The maximum atomic E-state index is 11.4. The molecule has 1 aliphatic heterocycles. The summed E-state index contributed by atoms with van der Waals surface area (Å²) in [5.74, 6) is 0.233. The quantitative estimate of drug-likeness (QED) is 0.704. The number of benzene rings is 1. The molecule has 0 bridgehead atoms. The van der Waals surface area contributed by atoms with Crippen LogP contribution in [0.5, 0.6) is 0 Å². The lowest BCUT2D eigenvalue weighted by Crippen LogP contribution is -2.19. The number of ether oxygens (including phenoxy) is 1. The number of aromatic nitrogens is 1.